The quantitative estimate of drug-likeness (QED) is 0.669. The first kappa shape index (κ1) is 15.4. The van der Waals surface area contributed by atoms with E-state index in [9.17, 15) is 9.90 Å². The van der Waals surface area contributed by atoms with Crippen LogP contribution < -0.4 is 0 Å². The third-order valence-electron chi connectivity index (χ3n) is 2.69. The van der Waals surface area contributed by atoms with Crippen molar-refractivity contribution in [3.8, 4) is 0 Å². The van der Waals surface area contributed by atoms with Gasteiger partial charge in [-0.15, -0.1) is 0 Å². The minimum absolute atomic E-state index is 0.0548. The van der Waals surface area contributed by atoms with E-state index in [2.05, 4.69) is 13.5 Å². The lowest BCUT2D eigenvalue weighted by Gasteiger charge is -2.22. The van der Waals surface area contributed by atoms with Gasteiger partial charge in [0.25, 0.3) is 0 Å². The minimum atomic E-state index is -1.03. The van der Waals surface area contributed by atoms with Crippen molar-refractivity contribution in [1.29, 1.82) is 0 Å². The van der Waals surface area contributed by atoms with Gasteiger partial charge in [0.05, 0.1) is 5.57 Å². The summed E-state index contributed by atoms with van der Waals surface area (Å²) in [5.74, 6) is -0.570. The average Bonchev–Trinajstić information content (AvgIpc) is 2.35. The fourth-order valence-electron chi connectivity index (χ4n) is 1.59. The topological polar surface area (TPSA) is 46.5 Å². The summed E-state index contributed by atoms with van der Waals surface area (Å²) in [5.41, 5.74) is 1.29. The third kappa shape index (κ3) is 4.52. The Kier molecular flexibility index (Phi) is 4.90. The number of rotatable bonds is 4. The Morgan fingerprint density at radius 3 is 2.26 bits per heavy atom. The van der Waals surface area contributed by atoms with E-state index in [0.717, 1.165) is 6.42 Å². The second-order valence-corrected chi connectivity index (χ2v) is 5.52. The van der Waals surface area contributed by atoms with Crippen molar-refractivity contribution < 1.29 is 14.6 Å². The zero-order chi connectivity index (χ0) is 14.6. The highest BCUT2D eigenvalue weighted by atomic mass is 16.6. The largest absolute Gasteiger partial charge is 0.457 e. The van der Waals surface area contributed by atoms with Gasteiger partial charge in [0.1, 0.15) is 11.7 Å². The molecule has 0 heterocycles. The second kappa shape index (κ2) is 6.02. The van der Waals surface area contributed by atoms with Gasteiger partial charge in [-0.25, -0.2) is 4.79 Å². The van der Waals surface area contributed by atoms with E-state index >= 15 is 0 Å². The number of hydrogen-bond donors (Lipinski definition) is 1. The summed E-state index contributed by atoms with van der Waals surface area (Å²) in [5, 5.41) is 10.1. The van der Waals surface area contributed by atoms with Crippen LogP contribution in [0, 0.1) is 0 Å². The maximum Gasteiger partial charge on any atom is 0.336 e. The number of hydrogen-bond acceptors (Lipinski definition) is 3. The molecule has 0 aromatic heterocycles. The Morgan fingerprint density at radius 2 is 1.84 bits per heavy atom. The van der Waals surface area contributed by atoms with Crippen molar-refractivity contribution in [2.24, 2.45) is 0 Å². The van der Waals surface area contributed by atoms with Crippen LogP contribution in [-0.4, -0.2) is 16.7 Å². The Labute approximate surface area is 114 Å². The molecule has 0 aliphatic heterocycles. The lowest BCUT2D eigenvalue weighted by molar-refractivity contribution is -0.151. The molecule has 0 saturated heterocycles. The number of aliphatic hydroxyl groups is 1. The molecule has 104 valence electrons. The van der Waals surface area contributed by atoms with Crippen LogP contribution in [0.2, 0.25) is 0 Å². The van der Waals surface area contributed by atoms with Gasteiger partial charge in [-0.3, -0.25) is 0 Å². The molecule has 1 rings (SSSR count). The summed E-state index contributed by atoms with van der Waals surface area (Å²) in [7, 11) is 0. The first-order chi connectivity index (χ1) is 8.74. The highest BCUT2D eigenvalue weighted by Gasteiger charge is 2.24. The molecule has 1 unspecified atom stereocenters. The monoisotopic (exact) mass is 262 g/mol. The normalized spacial score (nSPS) is 12.9. The molecule has 0 radical (unpaired) electrons. The number of ether oxygens (including phenoxy) is 1. The van der Waals surface area contributed by atoms with Crippen LogP contribution >= 0.6 is 0 Å². The molecule has 0 fully saturated rings. The second-order valence-electron chi connectivity index (χ2n) is 5.52. The first-order valence-electron chi connectivity index (χ1n) is 6.43. The summed E-state index contributed by atoms with van der Waals surface area (Å²) >= 11 is 0. The average molecular weight is 262 g/mol. The highest BCUT2D eigenvalue weighted by molar-refractivity contribution is 5.89. The molecule has 3 heteroatoms. The zero-order valence-corrected chi connectivity index (χ0v) is 12.1. The summed E-state index contributed by atoms with van der Waals surface area (Å²) < 4.78 is 5.19. The number of benzene rings is 1. The standard InChI is InChI=1S/C16H22O3/c1-6-12-7-9-13(10-8-12)14(17)11(2)15(18)19-16(3,4)5/h7-10,14,17H,2,6H2,1,3-5H3. The SMILES string of the molecule is C=C(C(=O)OC(C)(C)C)C(O)c1ccc(CC)cc1. The van der Waals surface area contributed by atoms with E-state index in [1.54, 1.807) is 32.9 Å². The van der Waals surface area contributed by atoms with Crippen LogP contribution in [0.1, 0.15) is 44.9 Å². The fraction of sp³-hybridized carbons (Fsp3) is 0.438. The lowest BCUT2D eigenvalue weighted by Crippen LogP contribution is -2.26. The molecular weight excluding hydrogens is 240 g/mol. The lowest BCUT2D eigenvalue weighted by atomic mass is 10.0. The van der Waals surface area contributed by atoms with Crippen LogP contribution in [0.4, 0.5) is 0 Å². The van der Waals surface area contributed by atoms with Crippen LogP contribution in [0.25, 0.3) is 0 Å². The molecule has 0 aliphatic rings. The van der Waals surface area contributed by atoms with Crippen LogP contribution in [0.15, 0.2) is 36.4 Å². The van der Waals surface area contributed by atoms with E-state index in [1.807, 2.05) is 12.1 Å². The Balaban J connectivity index is 2.78. The third-order valence-corrected chi connectivity index (χ3v) is 2.69. The van der Waals surface area contributed by atoms with E-state index in [4.69, 9.17) is 4.74 Å². The Hall–Kier alpha value is -1.61. The van der Waals surface area contributed by atoms with Crippen LogP contribution in [0.3, 0.4) is 0 Å². The number of esters is 1. The smallest absolute Gasteiger partial charge is 0.336 e. The summed E-state index contributed by atoms with van der Waals surface area (Å²) in [6.07, 6.45) is -0.0932. The molecule has 0 spiro atoms. The van der Waals surface area contributed by atoms with Gasteiger partial charge in [-0.05, 0) is 38.3 Å². The van der Waals surface area contributed by atoms with Gasteiger partial charge in [0.2, 0.25) is 0 Å². The van der Waals surface area contributed by atoms with Crippen LogP contribution in [0.5, 0.6) is 0 Å². The van der Waals surface area contributed by atoms with Crippen molar-refractivity contribution in [2.45, 2.75) is 45.8 Å². The van der Waals surface area contributed by atoms with Crippen molar-refractivity contribution in [1.82, 2.24) is 0 Å². The summed E-state index contributed by atoms with van der Waals surface area (Å²) in [4.78, 5) is 11.8. The predicted molar refractivity (Wildman–Crippen MR) is 75.8 cm³/mol. The van der Waals surface area contributed by atoms with Crippen molar-refractivity contribution in [3.63, 3.8) is 0 Å². The minimum Gasteiger partial charge on any atom is -0.457 e. The van der Waals surface area contributed by atoms with Crippen molar-refractivity contribution in [2.75, 3.05) is 0 Å². The van der Waals surface area contributed by atoms with Gasteiger partial charge < -0.3 is 9.84 Å². The number of carbonyl (C=O) groups excluding carboxylic acids is 1. The highest BCUT2D eigenvalue weighted by Crippen LogP contribution is 2.23. The van der Waals surface area contributed by atoms with Gasteiger partial charge >= 0.3 is 5.97 Å². The van der Waals surface area contributed by atoms with E-state index in [0.29, 0.717) is 5.56 Å². The molecular formula is C16H22O3. The van der Waals surface area contributed by atoms with E-state index < -0.39 is 17.7 Å². The molecule has 3 nitrogen and oxygen atoms in total. The van der Waals surface area contributed by atoms with Crippen molar-refractivity contribution in [3.05, 3.63) is 47.5 Å². The maximum atomic E-state index is 11.8. The molecule has 1 aromatic carbocycles. The molecule has 0 amide bonds. The van der Waals surface area contributed by atoms with Crippen molar-refractivity contribution >= 4 is 5.97 Å². The van der Waals surface area contributed by atoms with Gasteiger partial charge in [-0.2, -0.15) is 0 Å². The Morgan fingerprint density at radius 1 is 1.32 bits per heavy atom. The molecule has 19 heavy (non-hydrogen) atoms. The number of aryl methyl sites for hydroxylation is 1. The fourth-order valence-corrected chi connectivity index (χ4v) is 1.59. The summed E-state index contributed by atoms with van der Waals surface area (Å²) in [6, 6.07) is 7.47. The zero-order valence-electron chi connectivity index (χ0n) is 12.1. The molecule has 1 aromatic rings. The maximum absolute atomic E-state index is 11.8. The molecule has 1 N–H and O–H groups in total. The van der Waals surface area contributed by atoms with Gasteiger partial charge in [0.15, 0.2) is 0 Å². The molecule has 0 aliphatic carbocycles. The predicted octanol–water partition coefficient (Wildman–Crippen LogP) is 3.18. The number of aliphatic hydroxyl groups excluding tert-OH is 1. The summed E-state index contributed by atoms with van der Waals surface area (Å²) in [6.45, 7) is 11.0. The Bertz CT molecular complexity index is 452. The van der Waals surface area contributed by atoms with E-state index in [-0.39, 0.29) is 5.57 Å². The molecule has 1 atom stereocenters. The van der Waals surface area contributed by atoms with E-state index in [1.165, 1.54) is 5.56 Å². The first-order valence-corrected chi connectivity index (χ1v) is 6.43. The van der Waals surface area contributed by atoms with Crippen LogP contribution in [-0.2, 0) is 16.0 Å². The number of carbonyl (C=O) groups is 1. The molecule has 0 bridgehead atoms. The van der Waals surface area contributed by atoms with Gasteiger partial charge in [-0.1, -0.05) is 37.8 Å². The van der Waals surface area contributed by atoms with Gasteiger partial charge in [0, 0.05) is 0 Å². The molecule has 0 saturated carbocycles.